The van der Waals surface area contributed by atoms with Gasteiger partial charge in [0.25, 0.3) is 0 Å². The molecule has 0 bridgehead atoms. The van der Waals surface area contributed by atoms with Crippen LogP contribution in [0.1, 0.15) is 32.3 Å². The van der Waals surface area contributed by atoms with E-state index < -0.39 is 0 Å². The number of nitrogens with zero attached hydrogens (tertiary/aromatic N) is 2. The Morgan fingerprint density at radius 2 is 1.90 bits per heavy atom. The number of carbonyl (C=O) groups is 1. The first-order valence-corrected chi connectivity index (χ1v) is 11.1. The molecule has 2 aliphatic rings. The standard InChI is InChI=1S/C24H31N3O4/c1-3-26-13-11-19(12-14-26)27(16-18-9-10-22-23(15-18)31-17-30-22)24(28)25-20-7-5-6-8-21(20)29-4-2/h5-10,15,19H,3-4,11-14,16-17H2,1-2H3,(H,25,28). The number of urea groups is 1. The number of para-hydroxylation sites is 2. The minimum atomic E-state index is -0.111. The Bertz CT molecular complexity index is 896. The summed E-state index contributed by atoms with van der Waals surface area (Å²) >= 11 is 0. The average molecular weight is 426 g/mol. The van der Waals surface area contributed by atoms with Crippen molar-refractivity contribution in [3.05, 3.63) is 48.0 Å². The van der Waals surface area contributed by atoms with Gasteiger partial charge < -0.3 is 29.3 Å². The zero-order valence-corrected chi connectivity index (χ0v) is 18.3. The second-order valence-electron chi connectivity index (χ2n) is 7.84. The second-order valence-corrected chi connectivity index (χ2v) is 7.84. The van der Waals surface area contributed by atoms with Gasteiger partial charge in [-0.1, -0.05) is 25.1 Å². The van der Waals surface area contributed by atoms with Crippen LogP contribution < -0.4 is 19.5 Å². The van der Waals surface area contributed by atoms with E-state index in [1.165, 1.54) is 0 Å². The largest absolute Gasteiger partial charge is 0.492 e. The van der Waals surface area contributed by atoms with Crippen molar-refractivity contribution in [3.63, 3.8) is 0 Å². The Labute approximate surface area is 183 Å². The first-order valence-electron chi connectivity index (χ1n) is 11.1. The van der Waals surface area contributed by atoms with Gasteiger partial charge in [-0.15, -0.1) is 0 Å². The number of rotatable bonds is 7. The van der Waals surface area contributed by atoms with E-state index in [0.717, 1.165) is 49.5 Å². The summed E-state index contributed by atoms with van der Waals surface area (Å²) in [6, 6.07) is 13.5. The van der Waals surface area contributed by atoms with E-state index in [-0.39, 0.29) is 18.9 Å². The van der Waals surface area contributed by atoms with Crippen molar-refractivity contribution in [1.82, 2.24) is 9.80 Å². The third-order valence-electron chi connectivity index (χ3n) is 5.92. The summed E-state index contributed by atoms with van der Waals surface area (Å²) in [5.41, 5.74) is 1.71. The van der Waals surface area contributed by atoms with Crippen molar-refractivity contribution < 1.29 is 19.0 Å². The van der Waals surface area contributed by atoms with E-state index >= 15 is 0 Å². The molecule has 0 atom stereocenters. The Morgan fingerprint density at radius 3 is 2.68 bits per heavy atom. The molecule has 4 rings (SSSR count). The number of ether oxygens (including phenoxy) is 3. The number of fused-ring (bicyclic) bond motifs is 1. The number of carbonyl (C=O) groups excluding carboxylic acids is 1. The van der Waals surface area contributed by atoms with Crippen LogP contribution in [0.25, 0.3) is 0 Å². The zero-order chi connectivity index (χ0) is 21.6. The maximum atomic E-state index is 13.4. The highest BCUT2D eigenvalue weighted by Gasteiger charge is 2.29. The summed E-state index contributed by atoms with van der Waals surface area (Å²) in [7, 11) is 0. The summed E-state index contributed by atoms with van der Waals surface area (Å²) in [6.07, 6.45) is 1.91. The SMILES string of the molecule is CCOc1ccccc1NC(=O)N(Cc1ccc2c(c1)OCO2)C1CCN(CC)CC1. The summed E-state index contributed by atoms with van der Waals surface area (Å²) in [5.74, 6) is 2.17. The monoisotopic (exact) mass is 425 g/mol. The molecule has 2 heterocycles. The van der Waals surface area contributed by atoms with Gasteiger partial charge >= 0.3 is 6.03 Å². The molecule has 2 aromatic rings. The Kier molecular flexibility index (Phi) is 6.82. The molecular weight excluding hydrogens is 394 g/mol. The first-order chi connectivity index (χ1) is 15.2. The number of benzene rings is 2. The molecule has 2 amide bonds. The lowest BCUT2D eigenvalue weighted by atomic mass is 10.0. The molecule has 0 aliphatic carbocycles. The van der Waals surface area contributed by atoms with Crippen LogP contribution in [-0.4, -0.2) is 54.9 Å². The third-order valence-corrected chi connectivity index (χ3v) is 5.92. The fourth-order valence-corrected chi connectivity index (χ4v) is 4.19. The molecule has 0 radical (unpaired) electrons. The van der Waals surface area contributed by atoms with Gasteiger partial charge in [0, 0.05) is 25.7 Å². The highest BCUT2D eigenvalue weighted by atomic mass is 16.7. The van der Waals surface area contributed by atoms with E-state index in [9.17, 15) is 4.79 Å². The number of anilines is 1. The smallest absolute Gasteiger partial charge is 0.322 e. The predicted molar refractivity (Wildman–Crippen MR) is 120 cm³/mol. The topological polar surface area (TPSA) is 63.3 Å². The van der Waals surface area contributed by atoms with Crippen LogP contribution in [-0.2, 0) is 6.54 Å². The Morgan fingerprint density at radius 1 is 1.13 bits per heavy atom. The van der Waals surface area contributed by atoms with Crippen molar-refractivity contribution in [2.75, 3.05) is 38.4 Å². The van der Waals surface area contributed by atoms with Crippen LogP contribution in [0.4, 0.5) is 10.5 Å². The van der Waals surface area contributed by atoms with Crippen LogP contribution in [0.5, 0.6) is 17.2 Å². The fourth-order valence-electron chi connectivity index (χ4n) is 4.19. The van der Waals surface area contributed by atoms with E-state index in [4.69, 9.17) is 14.2 Å². The van der Waals surface area contributed by atoms with Gasteiger partial charge in [-0.2, -0.15) is 0 Å². The summed E-state index contributed by atoms with van der Waals surface area (Å²) in [6.45, 7) is 8.46. The van der Waals surface area contributed by atoms with Crippen LogP contribution >= 0.6 is 0 Å². The zero-order valence-electron chi connectivity index (χ0n) is 18.3. The molecule has 0 aromatic heterocycles. The van der Waals surface area contributed by atoms with Gasteiger partial charge in [-0.3, -0.25) is 0 Å². The predicted octanol–water partition coefficient (Wildman–Crippen LogP) is 4.33. The third kappa shape index (κ3) is 5.05. The number of hydrogen-bond donors (Lipinski definition) is 1. The lowest BCUT2D eigenvalue weighted by Crippen LogP contribution is -2.48. The normalized spacial score (nSPS) is 16.2. The molecule has 0 spiro atoms. The fraction of sp³-hybridized carbons (Fsp3) is 0.458. The molecule has 31 heavy (non-hydrogen) atoms. The van der Waals surface area contributed by atoms with Gasteiger partial charge in [-0.25, -0.2) is 4.79 Å². The van der Waals surface area contributed by atoms with E-state index in [1.807, 2.05) is 54.3 Å². The van der Waals surface area contributed by atoms with Gasteiger partial charge in [0.2, 0.25) is 6.79 Å². The van der Waals surface area contributed by atoms with Crippen molar-refractivity contribution in [3.8, 4) is 17.2 Å². The van der Waals surface area contributed by atoms with Crippen LogP contribution in [0.2, 0.25) is 0 Å². The molecule has 166 valence electrons. The molecule has 0 unspecified atom stereocenters. The molecular formula is C24H31N3O4. The average Bonchev–Trinajstić information content (AvgIpc) is 3.27. The molecule has 1 N–H and O–H groups in total. The number of likely N-dealkylation sites (tertiary alicyclic amines) is 1. The lowest BCUT2D eigenvalue weighted by molar-refractivity contribution is 0.126. The minimum Gasteiger partial charge on any atom is -0.492 e. The van der Waals surface area contributed by atoms with Crippen molar-refractivity contribution in [1.29, 1.82) is 0 Å². The van der Waals surface area contributed by atoms with Crippen molar-refractivity contribution in [2.45, 2.75) is 39.3 Å². The number of piperidine rings is 1. The summed E-state index contributed by atoms with van der Waals surface area (Å²) in [4.78, 5) is 17.8. The van der Waals surface area contributed by atoms with Gasteiger partial charge in [-0.05, 0) is 56.1 Å². The van der Waals surface area contributed by atoms with E-state index in [2.05, 4.69) is 17.1 Å². The van der Waals surface area contributed by atoms with Gasteiger partial charge in [0.15, 0.2) is 11.5 Å². The Balaban J connectivity index is 1.54. The van der Waals surface area contributed by atoms with Gasteiger partial charge in [0.1, 0.15) is 5.75 Å². The van der Waals surface area contributed by atoms with E-state index in [1.54, 1.807) is 0 Å². The number of hydrogen-bond acceptors (Lipinski definition) is 5. The van der Waals surface area contributed by atoms with Crippen molar-refractivity contribution in [2.24, 2.45) is 0 Å². The molecule has 7 heteroatoms. The molecule has 0 saturated carbocycles. The molecule has 1 saturated heterocycles. The van der Waals surface area contributed by atoms with Crippen LogP contribution in [0, 0.1) is 0 Å². The summed E-state index contributed by atoms with van der Waals surface area (Å²) < 4.78 is 16.6. The Hall–Kier alpha value is -2.93. The molecule has 1 fully saturated rings. The van der Waals surface area contributed by atoms with Crippen LogP contribution in [0.15, 0.2) is 42.5 Å². The van der Waals surface area contributed by atoms with Gasteiger partial charge in [0.05, 0.1) is 12.3 Å². The number of amides is 2. The lowest BCUT2D eigenvalue weighted by Gasteiger charge is -2.38. The first kappa shape index (κ1) is 21.3. The quantitative estimate of drug-likeness (QED) is 0.715. The summed E-state index contributed by atoms with van der Waals surface area (Å²) in [5, 5.41) is 3.08. The molecule has 7 nitrogen and oxygen atoms in total. The maximum absolute atomic E-state index is 13.4. The minimum absolute atomic E-state index is 0.111. The molecule has 2 aromatic carbocycles. The highest BCUT2D eigenvalue weighted by Crippen LogP contribution is 2.33. The number of nitrogens with one attached hydrogen (secondary N) is 1. The van der Waals surface area contributed by atoms with Crippen LogP contribution in [0.3, 0.4) is 0 Å². The van der Waals surface area contributed by atoms with Crippen molar-refractivity contribution >= 4 is 11.7 Å². The second kappa shape index (κ2) is 9.92. The maximum Gasteiger partial charge on any atom is 0.322 e. The van der Waals surface area contributed by atoms with E-state index in [0.29, 0.717) is 24.6 Å². The molecule has 2 aliphatic heterocycles. The highest BCUT2D eigenvalue weighted by molar-refractivity contribution is 5.91.